The number of furan rings is 1. The van der Waals surface area contributed by atoms with Crippen LogP contribution < -0.4 is 0 Å². The van der Waals surface area contributed by atoms with E-state index < -0.39 is 23.8 Å². The van der Waals surface area contributed by atoms with E-state index in [2.05, 4.69) is 5.16 Å². The SMILES string of the molecule is CON=C(C(=O)C(OC(C)=O)C1=C(C(=O)O)N2C(=O)C[C@H]2SC1)c1ccco1. The number of hydrogen-bond acceptors (Lipinski definition) is 9. The number of carboxylic acids is 1. The average molecular weight is 408 g/mol. The number of β-lactam (4-membered cyclic amide) rings is 1. The maximum atomic E-state index is 13.1. The molecule has 1 aromatic rings. The Morgan fingerprint density at radius 3 is 2.71 bits per heavy atom. The summed E-state index contributed by atoms with van der Waals surface area (Å²) < 4.78 is 10.3. The van der Waals surface area contributed by atoms with Crippen molar-refractivity contribution < 1.29 is 38.3 Å². The summed E-state index contributed by atoms with van der Waals surface area (Å²) in [4.78, 5) is 54.4. The Kier molecular flexibility index (Phi) is 5.54. The minimum Gasteiger partial charge on any atom is -0.477 e. The number of ketones is 1. The van der Waals surface area contributed by atoms with Crippen LogP contribution >= 0.6 is 11.8 Å². The van der Waals surface area contributed by atoms with Gasteiger partial charge in [0.25, 0.3) is 0 Å². The molecule has 2 aliphatic rings. The molecule has 1 fully saturated rings. The number of nitrogens with zero attached hydrogens (tertiary/aromatic N) is 2. The van der Waals surface area contributed by atoms with Gasteiger partial charge >= 0.3 is 11.9 Å². The number of hydrogen-bond donors (Lipinski definition) is 1. The molecule has 0 spiro atoms. The number of aliphatic carboxylic acids is 1. The molecule has 0 radical (unpaired) electrons. The van der Waals surface area contributed by atoms with Gasteiger partial charge in [0.15, 0.2) is 17.6 Å². The number of carboxylic acid groups (broad SMARTS) is 1. The molecule has 148 valence electrons. The second-order valence-corrected chi connectivity index (χ2v) is 7.03. The van der Waals surface area contributed by atoms with E-state index in [4.69, 9.17) is 14.0 Å². The summed E-state index contributed by atoms with van der Waals surface area (Å²) in [6.07, 6.45) is -0.0653. The Bertz CT molecular complexity index is 889. The van der Waals surface area contributed by atoms with Crippen molar-refractivity contribution in [3.05, 3.63) is 35.4 Å². The van der Waals surface area contributed by atoms with E-state index >= 15 is 0 Å². The third-order valence-electron chi connectivity index (χ3n) is 4.09. The first-order valence-electron chi connectivity index (χ1n) is 8.11. The minimum atomic E-state index is -1.59. The van der Waals surface area contributed by atoms with E-state index in [0.29, 0.717) is 0 Å². The molecular formula is C17H16N2O8S. The van der Waals surface area contributed by atoms with Crippen molar-refractivity contribution in [3.63, 3.8) is 0 Å². The van der Waals surface area contributed by atoms with Crippen LogP contribution in [-0.4, -0.2) is 63.7 Å². The highest BCUT2D eigenvalue weighted by molar-refractivity contribution is 8.00. The molecule has 1 amide bonds. The van der Waals surface area contributed by atoms with Crippen molar-refractivity contribution in [1.82, 2.24) is 4.90 Å². The molecule has 10 nitrogen and oxygen atoms in total. The minimum absolute atomic E-state index is 0.00245. The number of carbonyl (C=O) groups is 4. The molecule has 1 unspecified atom stereocenters. The third-order valence-corrected chi connectivity index (χ3v) is 5.33. The molecule has 2 aliphatic heterocycles. The van der Waals surface area contributed by atoms with Crippen LogP contribution in [0.3, 0.4) is 0 Å². The first-order chi connectivity index (χ1) is 13.3. The van der Waals surface area contributed by atoms with Crippen molar-refractivity contribution in [2.75, 3.05) is 12.9 Å². The second-order valence-electron chi connectivity index (χ2n) is 5.87. The Morgan fingerprint density at radius 1 is 1.43 bits per heavy atom. The molecule has 0 saturated carbocycles. The molecule has 11 heteroatoms. The first-order valence-corrected chi connectivity index (χ1v) is 9.16. The third kappa shape index (κ3) is 3.52. The maximum Gasteiger partial charge on any atom is 0.352 e. The zero-order valence-corrected chi connectivity index (χ0v) is 15.7. The highest BCUT2D eigenvalue weighted by Crippen LogP contribution is 2.41. The molecule has 1 aromatic heterocycles. The fourth-order valence-corrected chi connectivity index (χ4v) is 4.22. The lowest BCUT2D eigenvalue weighted by Gasteiger charge is -2.44. The van der Waals surface area contributed by atoms with Gasteiger partial charge < -0.3 is 19.1 Å². The lowest BCUT2D eigenvalue weighted by atomic mass is 9.97. The van der Waals surface area contributed by atoms with Crippen molar-refractivity contribution in [2.24, 2.45) is 5.16 Å². The van der Waals surface area contributed by atoms with Crippen LogP contribution in [0.2, 0.25) is 0 Å². The molecule has 3 heterocycles. The number of amides is 1. The number of oxime groups is 1. The molecule has 0 bridgehead atoms. The number of ether oxygens (including phenoxy) is 1. The summed E-state index contributed by atoms with van der Waals surface area (Å²) >= 11 is 1.29. The Balaban J connectivity index is 2.08. The van der Waals surface area contributed by atoms with Crippen LogP contribution in [0.15, 0.2) is 39.2 Å². The number of esters is 1. The van der Waals surface area contributed by atoms with Crippen LogP contribution in [0.5, 0.6) is 0 Å². The highest BCUT2D eigenvalue weighted by atomic mass is 32.2. The molecule has 0 aromatic carbocycles. The summed E-state index contributed by atoms with van der Waals surface area (Å²) in [7, 11) is 1.22. The average Bonchev–Trinajstić information content (AvgIpc) is 3.16. The van der Waals surface area contributed by atoms with E-state index in [9.17, 15) is 24.3 Å². The summed E-state index contributed by atoms with van der Waals surface area (Å²) in [6.45, 7) is 1.09. The fraction of sp³-hybridized carbons (Fsp3) is 0.353. The first kappa shape index (κ1) is 19.7. The molecule has 3 rings (SSSR count). The van der Waals surface area contributed by atoms with E-state index in [1.54, 1.807) is 0 Å². The zero-order valence-electron chi connectivity index (χ0n) is 14.9. The van der Waals surface area contributed by atoms with Crippen molar-refractivity contribution in [3.8, 4) is 0 Å². The van der Waals surface area contributed by atoms with Crippen molar-refractivity contribution in [2.45, 2.75) is 24.8 Å². The Labute approximate surface area is 163 Å². The van der Waals surface area contributed by atoms with Gasteiger partial charge in [0.2, 0.25) is 11.7 Å². The summed E-state index contributed by atoms with van der Waals surface area (Å²) in [6, 6.07) is 2.98. The number of thioether (sulfide) groups is 1. The predicted octanol–water partition coefficient (Wildman–Crippen LogP) is 0.775. The van der Waals surface area contributed by atoms with Gasteiger partial charge in [0.05, 0.1) is 18.1 Å². The van der Waals surface area contributed by atoms with Gasteiger partial charge in [0, 0.05) is 18.2 Å². The summed E-state index contributed by atoms with van der Waals surface area (Å²) in [5.74, 6) is -3.23. The molecule has 2 atom stereocenters. The van der Waals surface area contributed by atoms with Crippen LogP contribution in [0.1, 0.15) is 19.1 Å². The second kappa shape index (κ2) is 7.89. The number of carbonyl (C=O) groups excluding carboxylic acids is 3. The number of fused-ring (bicyclic) bond motifs is 1. The van der Waals surface area contributed by atoms with Crippen LogP contribution in [0.25, 0.3) is 0 Å². The lowest BCUT2D eigenvalue weighted by molar-refractivity contribution is -0.150. The molecule has 28 heavy (non-hydrogen) atoms. The number of rotatable bonds is 7. The quantitative estimate of drug-likeness (QED) is 0.300. The molecule has 0 aliphatic carbocycles. The van der Waals surface area contributed by atoms with Crippen LogP contribution in [0, 0.1) is 0 Å². The van der Waals surface area contributed by atoms with E-state index in [-0.39, 0.29) is 46.2 Å². The lowest BCUT2D eigenvalue weighted by Crippen LogP contribution is -2.55. The maximum absolute atomic E-state index is 13.1. The van der Waals surface area contributed by atoms with Gasteiger partial charge in [-0.3, -0.25) is 19.3 Å². The van der Waals surface area contributed by atoms with E-state index in [1.165, 1.54) is 37.3 Å². The van der Waals surface area contributed by atoms with Crippen molar-refractivity contribution in [1.29, 1.82) is 0 Å². The zero-order chi connectivity index (χ0) is 20.4. The normalized spacial score (nSPS) is 20.2. The molecule has 1 N–H and O–H groups in total. The van der Waals surface area contributed by atoms with Gasteiger partial charge in [-0.1, -0.05) is 5.16 Å². The fourth-order valence-electron chi connectivity index (χ4n) is 2.93. The molecular weight excluding hydrogens is 392 g/mol. The van der Waals surface area contributed by atoms with E-state index in [0.717, 1.165) is 11.8 Å². The Hall–Kier alpha value is -3.08. The van der Waals surface area contributed by atoms with E-state index in [1.807, 2.05) is 0 Å². The summed E-state index contributed by atoms with van der Waals surface area (Å²) in [5.41, 5.74) is -0.633. The van der Waals surface area contributed by atoms with Crippen LogP contribution in [0.4, 0.5) is 0 Å². The highest BCUT2D eigenvalue weighted by Gasteiger charge is 2.48. The van der Waals surface area contributed by atoms with Gasteiger partial charge in [-0.15, -0.1) is 11.8 Å². The predicted molar refractivity (Wildman–Crippen MR) is 95.2 cm³/mol. The largest absolute Gasteiger partial charge is 0.477 e. The topological polar surface area (TPSA) is 136 Å². The summed E-state index contributed by atoms with van der Waals surface area (Å²) in [5, 5.41) is 13.0. The van der Waals surface area contributed by atoms with Crippen molar-refractivity contribution >= 4 is 41.1 Å². The number of Topliss-reactive ketones (excluding diaryl/α,β-unsaturated/α-hetero) is 1. The standard InChI is InChI=1S/C17H16N2O8S/c1-8(20)27-16(15(22)13(18-25-2)10-4-3-5-26-10)9-7-28-12-6-11(21)19(12)14(9)17(23)24/h3-5,12,16H,6-7H2,1-2H3,(H,23,24)/t12-,16?/m1/s1. The van der Waals surface area contributed by atoms with Gasteiger partial charge in [-0.05, 0) is 12.1 Å². The van der Waals surface area contributed by atoms with Gasteiger partial charge in [-0.25, -0.2) is 4.79 Å². The van der Waals surface area contributed by atoms with Gasteiger partial charge in [-0.2, -0.15) is 0 Å². The smallest absolute Gasteiger partial charge is 0.352 e. The van der Waals surface area contributed by atoms with Gasteiger partial charge in [0.1, 0.15) is 12.8 Å². The monoisotopic (exact) mass is 408 g/mol. The molecule has 1 saturated heterocycles. The van der Waals surface area contributed by atoms with Crippen LogP contribution in [-0.2, 0) is 28.8 Å². The Morgan fingerprint density at radius 2 is 2.18 bits per heavy atom.